The van der Waals surface area contributed by atoms with Gasteiger partial charge in [0.15, 0.2) is 0 Å². The van der Waals surface area contributed by atoms with Gasteiger partial charge in [-0.05, 0) is 18.8 Å². The SMILES string of the molecule is COCC1CCCCCCCCC1. The molecule has 13 heavy (non-hydrogen) atoms. The molecule has 0 heterocycles. The normalized spacial score (nSPS) is 22.8. The van der Waals surface area contributed by atoms with Crippen LogP contribution in [0, 0.1) is 5.92 Å². The van der Waals surface area contributed by atoms with Crippen LogP contribution in [0.1, 0.15) is 57.8 Å². The van der Waals surface area contributed by atoms with E-state index in [0.29, 0.717) is 0 Å². The summed E-state index contributed by atoms with van der Waals surface area (Å²) in [5.41, 5.74) is 0. The minimum atomic E-state index is 0.850. The summed E-state index contributed by atoms with van der Waals surface area (Å²) in [6, 6.07) is 0. The molecule has 1 heteroatoms. The van der Waals surface area contributed by atoms with Crippen molar-refractivity contribution in [3.63, 3.8) is 0 Å². The molecule has 0 aromatic heterocycles. The van der Waals surface area contributed by atoms with Gasteiger partial charge in [0.1, 0.15) is 0 Å². The van der Waals surface area contributed by atoms with Crippen molar-refractivity contribution in [1.82, 2.24) is 0 Å². The fourth-order valence-electron chi connectivity index (χ4n) is 2.30. The quantitative estimate of drug-likeness (QED) is 0.634. The first-order valence-electron chi connectivity index (χ1n) is 5.92. The average molecular weight is 184 g/mol. The van der Waals surface area contributed by atoms with Crippen LogP contribution in [0.15, 0.2) is 0 Å². The second-order valence-corrected chi connectivity index (χ2v) is 4.37. The van der Waals surface area contributed by atoms with Gasteiger partial charge in [-0.15, -0.1) is 0 Å². The Morgan fingerprint density at radius 2 is 1.31 bits per heavy atom. The second-order valence-electron chi connectivity index (χ2n) is 4.37. The van der Waals surface area contributed by atoms with E-state index in [9.17, 15) is 0 Å². The van der Waals surface area contributed by atoms with Crippen molar-refractivity contribution in [1.29, 1.82) is 0 Å². The van der Waals surface area contributed by atoms with Crippen LogP contribution in [0.3, 0.4) is 0 Å². The Morgan fingerprint density at radius 1 is 0.846 bits per heavy atom. The summed E-state index contributed by atoms with van der Waals surface area (Å²) in [5, 5.41) is 0. The molecular weight excluding hydrogens is 160 g/mol. The molecule has 0 aromatic carbocycles. The molecule has 0 aromatic rings. The summed E-state index contributed by atoms with van der Waals surface area (Å²) in [7, 11) is 1.83. The highest BCUT2D eigenvalue weighted by Crippen LogP contribution is 2.21. The highest BCUT2D eigenvalue weighted by molar-refractivity contribution is 4.61. The van der Waals surface area contributed by atoms with Crippen molar-refractivity contribution in [2.45, 2.75) is 57.8 Å². The molecule has 0 spiro atoms. The molecule has 78 valence electrons. The van der Waals surface area contributed by atoms with E-state index in [1.54, 1.807) is 0 Å². The molecule has 0 amide bonds. The van der Waals surface area contributed by atoms with Gasteiger partial charge < -0.3 is 4.74 Å². The molecule has 1 aliphatic rings. The van der Waals surface area contributed by atoms with E-state index in [1.807, 2.05) is 7.11 Å². The van der Waals surface area contributed by atoms with Crippen LogP contribution >= 0.6 is 0 Å². The largest absolute Gasteiger partial charge is 0.384 e. The average Bonchev–Trinajstić information content (AvgIpc) is 2.16. The van der Waals surface area contributed by atoms with E-state index >= 15 is 0 Å². The Morgan fingerprint density at radius 3 is 1.77 bits per heavy atom. The van der Waals surface area contributed by atoms with Gasteiger partial charge in [0.2, 0.25) is 0 Å². The zero-order chi connectivity index (χ0) is 9.36. The summed E-state index contributed by atoms with van der Waals surface area (Å²) in [6.45, 7) is 0.986. The van der Waals surface area contributed by atoms with E-state index in [0.717, 1.165) is 12.5 Å². The summed E-state index contributed by atoms with van der Waals surface area (Å²) in [4.78, 5) is 0. The minimum absolute atomic E-state index is 0.850. The Balaban J connectivity index is 2.18. The second kappa shape index (κ2) is 7.37. The fraction of sp³-hybridized carbons (Fsp3) is 1.00. The van der Waals surface area contributed by atoms with E-state index in [-0.39, 0.29) is 0 Å². The lowest BCUT2D eigenvalue weighted by molar-refractivity contribution is 0.139. The zero-order valence-electron chi connectivity index (χ0n) is 9.06. The Hall–Kier alpha value is -0.0400. The predicted octanol–water partition coefficient (Wildman–Crippen LogP) is 3.77. The summed E-state index contributed by atoms with van der Waals surface area (Å²) >= 11 is 0. The van der Waals surface area contributed by atoms with Gasteiger partial charge in [0, 0.05) is 13.7 Å². The molecule has 0 saturated heterocycles. The third-order valence-electron chi connectivity index (χ3n) is 3.13. The standard InChI is InChI=1S/C12H24O/c1-13-11-12-9-7-5-3-2-4-6-8-10-12/h12H,2-11H2,1H3. The molecular formula is C12H24O. The Bertz CT molecular complexity index is 102. The molecule has 0 unspecified atom stereocenters. The van der Waals surface area contributed by atoms with Gasteiger partial charge in [0.25, 0.3) is 0 Å². The number of hydrogen-bond donors (Lipinski definition) is 0. The first-order valence-corrected chi connectivity index (χ1v) is 5.92. The summed E-state index contributed by atoms with van der Waals surface area (Å²) in [5.74, 6) is 0.850. The summed E-state index contributed by atoms with van der Waals surface area (Å²) < 4.78 is 5.25. The lowest BCUT2D eigenvalue weighted by Gasteiger charge is -2.17. The first kappa shape index (κ1) is 11.0. The molecule has 1 rings (SSSR count). The minimum Gasteiger partial charge on any atom is -0.384 e. The van der Waals surface area contributed by atoms with E-state index in [1.165, 1.54) is 57.8 Å². The van der Waals surface area contributed by atoms with Crippen LogP contribution in [0.5, 0.6) is 0 Å². The molecule has 0 N–H and O–H groups in total. The molecule has 0 atom stereocenters. The van der Waals surface area contributed by atoms with E-state index in [2.05, 4.69) is 0 Å². The van der Waals surface area contributed by atoms with Crippen LogP contribution in [-0.4, -0.2) is 13.7 Å². The maximum absolute atomic E-state index is 5.25. The van der Waals surface area contributed by atoms with Gasteiger partial charge in [-0.2, -0.15) is 0 Å². The fourth-order valence-corrected chi connectivity index (χ4v) is 2.30. The van der Waals surface area contributed by atoms with Gasteiger partial charge in [-0.25, -0.2) is 0 Å². The lowest BCUT2D eigenvalue weighted by Crippen LogP contribution is -2.09. The molecule has 1 nitrogen and oxygen atoms in total. The third kappa shape index (κ3) is 5.30. The smallest absolute Gasteiger partial charge is 0.0490 e. The molecule has 1 saturated carbocycles. The molecule has 0 bridgehead atoms. The van der Waals surface area contributed by atoms with E-state index in [4.69, 9.17) is 4.74 Å². The third-order valence-corrected chi connectivity index (χ3v) is 3.13. The Labute approximate surface area is 82.9 Å². The highest BCUT2D eigenvalue weighted by atomic mass is 16.5. The predicted molar refractivity (Wildman–Crippen MR) is 56.9 cm³/mol. The van der Waals surface area contributed by atoms with Crippen molar-refractivity contribution >= 4 is 0 Å². The summed E-state index contributed by atoms with van der Waals surface area (Å²) in [6.07, 6.45) is 12.9. The van der Waals surface area contributed by atoms with Crippen LogP contribution in [0.2, 0.25) is 0 Å². The van der Waals surface area contributed by atoms with Crippen LogP contribution in [0.25, 0.3) is 0 Å². The van der Waals surface area contributed by atoms with Crippen LogP contribution in [-0.2, 0) is 4.74 Å². The number of ether oxygens (including phenoxy) is 1. The monoisotopic (exact) mass is 184 g/mol. The number of rotatable bonds is 2. The van der Waals surface area contributed by atoms with Crippen molar-refractivity contribution < 1.29 is 4.74 Å². The molecule has 1 fully saturated rings. The lowest BCUT2D eigenvalue weighted by atomic mass is 9.93. The van der Waals surface area contributed by atoms with Crippen molar-refractivity contribution in [3.8, 4) is 0 Å². The maximum atomic E-state index is 5.25. The van der Waals surface area contributed by atoms with Crippen molar-refractivity contribution in [3.05, 3.63) is 0 Å². The molecule has 1 aliphatic carbocycles. The van der Waals surface area contributed by atoms with Gasteiger partial charge >= 0.3 is 0 Å². The number of methoxy groups -OCH3 is 1. The van der Waals surface area contributed by atoms with Crippen LogP contribution < -0.4 is 0 Å². The molecule has 0 aliphatic heterocycles. The van der Waals surface area contributed by atoms with Crippen LogP contribution in [0.4, 0.5) is 0 Å². The van der Waals surface area contributed by atoms with Gasteiger partial charge in [0.05, 0.1) is 0 Å². The maximum Gasteiger partial charge on any atom is 0.0490 e. The van der Waals surface area contributed by atoms with Gasteiger partial charge in [-0.1, -0.05) is 44.9 Å². The van der Waals surface area contributed by atoms with E-state index < -0.39 is 0 Å². The highest BCUT2D eigenvalue weighted by Gasteiger charge is 2.09. The zero-order valence-corrected chi connectivity index (χ0v) is 9.06. The first-order chi connectivity index (χ1) is 6.43. The topological polar surface area (TPSA) is 9.23 Å². The Kier molecular flexibility index (Phi) is 6.26. The van der Waals surface area contributed by atoms with Crippen molar-refractivity contribution in [2.75, 3.05) is 13.7 Å². The van der Waals surface area contributed by atoms with Gasteiger partial charge in [-0.3, -0.25) is 0 Å². The number of hydrogen-bond acceptors (Lipinski definition) is 1. The van der Waals surface area contributed by atoms with Crippen molar-refractivity contribution in [2.24, 2.45) is 5.92 Å². The molecule has 0 radical (unpaired) electrons.